The van der Waals surface area contributed by atoms with Gasteiger partial charge in [-0.25, -0.2) is 0 Å². The fourth-order valence-electron chi connectivity index (χ4n) is 0.527. The Hall–Kier alpha value is -0.210. The van der Waals surface area contributed by atoms with Gasteiger partial charge in [0.1, 0.15) is 0 Å². The van der Waals surface area contributed by atoms with Crippen molar-refractivity contribution in [3.05, 3.63) is 11.2 Å². The molecule has 0 saturated carbocycles. The van der Waals surface area contributed by atoms with E-state index >= 15 is 0 Å². The number of nitrogens with zero attached hydrogens (tertiary/aromatic N) is 2. The number of hydrogen-bond acceptors (Lipinski definition) is 2. The second-order valence-electron chi connectivity index (χ2n) is 1.77. The predicted molar refractivity (Wildman–Crippen MR) is 39.8 cm³/mol. The second kappa shape index (κ2) is 2.58. The van der Waals surface area contributed by atoms with Crippen molar-refractivity contribution in [1.29, 1.82) is 0 Å². The molecule has 1 atom stereocenters. The van der Waals surface area contributed by atoms with Crippen molar-refractivity contribution in [1.82, 2.24) is 4.90 Å². The van der Waals surface area contributed by atoms with Gasteiger partial charge in [-0.3, -0.25) is 4.99 Å². The summed E-state index contributed by atoms with van der Waals surface area (Å²) in [6, 6.07) is 0. The Morgan fingerprint density at radius 1 is 1.78 bits per heavy atom. The lowest BCUT2D eigenvalue weighted by molar-refractivity contribution is 0.427. The topological polar surface area (TPSA) is 15.6 Å². The van der Waals surface area contributed by atoms with Crippen LogP contribution in [0.25, 0.3) is 0 Å². The Bertz CT molecular complexity index is 164. The summed E-state index contributed by atoms with van der Waals surface area (Å²) in [7, 11) is 1.82. The van der Waals surface area contributed by atoms with Gasteiger partial charge >= 0.3 is 0 Å². The fraction of sp³-hybridized carbons (Fsp3) is 0.400. The van der Waals surface area contributed by atoms with Gasteiger partial charge in [-0.15, -0.1) is 0 Å². The van der Waals surface area contributed by atoms with E-state index in [0.29, 0.717) is 5.03 Å². The zero-order valence-electron chi connectivity index (χ0n) is 4.88. The first-order valence-electron chi connectivity index (χ1n) is 2.46. The van der Waals surface area contributed by atoms with E-state index in [-0.39, 0.29) is 5.62 Å². The number of alkyl halides is 1. The summed E-state index contributed by atoms with van der Waals surface area (Å²) in [5, 5.41) is 0.606. The third-order valence-electron chi connectivity index (χ3n) is 0.984. The molecule has 50 valence electrons. The highest BCUT2D eigenvalue weighted by Gasteiger charge is 2.08. The van der Waals surface area contributed by atoms with E-state index in [4.69, 9.17) is 23.2 Å². The zero-order chi connectivity index (χ0) is 6.85. The Morgan fingerprint density at radius 2 is 2.44 bits per heavy atom. The van der Waals surface area contributed by atoms with Crippen molar-refractivity contribution in [3.8, 4) is 0 Å². The molecule has 0 aliphatic carbocycles. The van der Waals surface area contributed by atoms with Crippen LogP contribution in [-0.2, 0) is 0 Å². The van der Waals surface area contributed by atoms with Crippen molar-refractivity contribution in [2.45, 2.75) is 5.62 Å². The maximum Gasteiger partial charge on any atom is 0.197 e. The molecule has 0 fully saturated rings. The van der Waals surface area contributed by atoms with Gasteiger partial charge in [-0.05, 0) is 0 Å². The van der Waals surface area contributed by atoms with Crippen molar-refractivity contribution >= 4 is 29.4 Å². The minimum absolute atomic E-state index is 0.299. The molecule has 1 heterocycles. The Morgan fingerprint density at radius 3 is 2.89 bits per heavy atom. The molecule has 0 bridgehead atoms. The molecule has 0 saturated heterocycles. The molecule has 0 radical (unpaired) electrons. The standard InChI is InChI=1S/C5H6Cl2N2/c1-9-3-4(6)2-8-5(9)7/h2-3,5H,1H3. The SMILES string of the molecule is CN1C=C(Cl)C=NC1Cl. The normalized spacial score (nSPS) is 26.3. The molecule has 1 unspecified atom stereocenters. The van der Waals surface area contributed by atoms with E-state index in [2.05, 4.69) is 4.99 Å². The van der Waals surface area contributed by atoms with Crippen LogP contribution in [0.15, 0.2) is 16.2 Å². The van der Waals surface area contributed by atoms with E-state index in [1.54, 1.807) is 17.3 Å². The van der Waals surface area contributed by atoms with Crippen LogP contribution in [0, 0.1) is 0 Å². The van der Waals surface area contributed by atoms with Gasteiger partial charge in [0.2, 0.25) is 0 Å². The van der Waals surface area contributed by atoms with Crippen molar-refractivity contribution in [3.63, 3.8) is 0 Å². The minimum atomic E-state index is -0.299. The summed E-state index contributed by atoms with van der Waals surface area (Å²) in [5.41, 5.74) is -0.299. The van der Waals surface area contributed by atoms with Crippen molar-refractivity contribution in [2.75, 3.05) is 7.05 Å². The van der Waals surface area contributed by atoms with Gasteiger partial charge in [0.05, 0.1) is 5.03 Å². The van der Waals surface area contributed by atoms with Crippen LogP contribution in [0.4, 0.5) is 0 Å². The summed E-state index contributed by atoms with van der Waals surface area (Å²) in [6.45, 7) is 0. The number of aliphatic imine (C=N–C) groups is 1. The van der Waals surface area contributed by atoms with Gasteiger partial charge in [0.15, 0.2) is 5.62 Å². The summed E-state index contributed by atoms with van der Waals surface area (Å²) >= 11 is 11.2. The Balaban J connectivity index is 2.70. The lowest BCUT2D eigenvalue weighted by Gasteiger charge is -2.19. The lowest BCUT2D eigenvalue weighted by Crippen LogP contribution is -2.22. The highest BCUT2D eigenvalue weighted by Crippen LogP contribution is 2.12. The maximum atomic E-state index is 5.66. The van der Waals surface area contributed by atoms with E-state index in [1.807, 2.05) is 7.05 Å². The van der Waals surface area contributed by atoms with Crippen LogP contribution in [0.5, 0.6) is 0 Å². The number of rotatable bonds is 0. The molecule has 0 aromatic heterocycles. The second-order valence-corrected chi connectivity index (χ2v) is 2.60. The molecule has 0 amide bonds. The molecule has 1 aliphatic rings. The smallest absolute Gasteiger partial charge is 0.197 e. The molecular weight excluding hydrogens is 159 g/mol. The van der Waals surface area contributed by atoms with Gasteiger partial charge < -0.3 is 4.90 Å². The van der Waals surface area contributed by atoms with E-state index in [9.17, 15) is 0 Å². The third kappa shape index (κ3) is 1.60. The predicted octanol–water partition coefficient (Wildman–Crippen LogP) is 1.61. The minimum Gasteiger partial charge on any atom is -0.345 e. The quantitative estimate of drug-likeness (QED) is 0.393. The highest BCUT2D eigenvalue weighted by atomic mass is 35.5. The Kier molecular flexibility index (Phi) is 1.98. The molecule has 0 aromatic rings. The van der Waals surface area contributed by atoms with Crippen LogP contribution in [-0.4, -0.2) is 23.8 Å². The van der Waals surface area contributed by atoms with Gasteiger partial charge in [0.25, 0.3) is 0 Å². The highest BCUT2D eigenvalue weighted by molar-refractivity contribution is 6.39. The molecule has 9 heavy (non-hydrogen) atoms. The lowest BCUT2D eigenvalue weighted by atomic mass is 10.5. The van der Waals surface area contributed by atoms with Gasteiger partial charge in [-0.1, -0.05) is 23.2 Å². The molecule has 1 rings (SSSR count). The van der Waals surface area contributed by atoms with E-state index in [0.717, 1.165) is 0 Å². The van der Waals surface area contributed by atoms with Crippen LogP contribution < -0.4 is 0 Å². The summed E-state index contributed by atoms with van der Waals surface area (Å²) in [5.74, 6) is 0. The average Bonchev–Trinajstić information content (AvgIpc) is 1.80. The first kappa shape index (κ1) is 6.90. The fourth-order valence-corrected chi connectivity index (χ4v) is 0.850. The zero-order valence-corrected chi connectivity index (χ0v) is 6.39. The molecule has 0 N–H and O–H groups in total. The van der Waals surface area contributed by atoms with Crippen LogP contribution in [0.1, 0.15) is 0 Å². The summed E-state index contributed by atoms with van der Waals surface area (Å²) < 4.78 is 0. The van der Waals surface area contributed by atoms with Crippen LogP contribution in [0.3, 0.4) is 0 Å². The van der Waals surface area contributed by atoms with E-state index in [1.165, 1.54) is 0 Å². The molecule has 0 spiro atoms. The first-order valence-corrected chi connectivity index (χ1v) is 3.28. The van der Waals surface area contributed by atoms with Crippen LogP contribution >= 0.6 is 23.2 Å². The monoisotopic (exact) mass is 164 g/mol. The average molecular weight is 165 g/mol. The molecular formula is C5H6Cl2N2. The molecule has 4 heteroatoms. The first-order chi connectivity index (χ1) is 4.20. The Labute approximate surface area is 63.8 Å². The molecule has 2 nitrogen and oxygen atoms in total. The van der Waals surface area contributed by atoms with Crippen molar-refractivity contribution in [2.24, 2.45) is 4.99 Å². The molecule has 1 aliphatic heterocycles. The number of halogens is 2. The van der Waals surface area contributed by atoms with Crippen LogP contribution in [0.2, 0.25) is 0 Å². The maximum absolute atomic E-state index is 5.66. The van der Waals surface area contributed by atoms with Gasteiger partial charge in [0, 0.05) is 19.5 Å². The van der Waals surface area contributed by atoms with Gasteiger partial charge in [-0.2, -0.15) is 0 Å². The largest absolute Gasteiger partial charge is 0.345 e. The third-order valence-corrected chi connectivity index (χ3v) is 1.60. The number of allylic oxidation sites excluding steroid dienone is 1. The van der Waals surface area contributed by atoms with E-state index < -0.39 is 0 Å². The molecule has 0 aromatic carbocycles. The number of hydrogen-bond donors (Lipinski definition) is 0. The summed E-state index contributed by atoms with van der Waals surface area (Å²) in [6.07, 6.45) is 3.27. The van der Waals surface area contributed by atoms with Crippen molar-refractivity contribution < 1.29 is 0 Å². The summed E-state index contributed by atoms with van der Waals surface area (Å²) in [4.78, 5) is 5.58.